The number of nitrogens with zero attached hydrogens (tertiary/aromatic N) is 3. The van der Waals surface area contributed by atoms with Crippen molar-refractivity contribution in [2.45, 2.75) is 25.5 Å². The number of aliphatic hydroxyl groups is 1. The molecule has 1 amide bonds. The summed E-state index contributed by atoms with van der Waals surface area (Å²) in [4.78, 5) is 26.3. The maximum absolute atomic E-state index is 12.2. The Bertz CT molecular complexity index is 879. The van der Waals surface area contributed by atoms with Gasteiger partial charge in [0.1, 0.15) is 17.6 Å². The maximum Gasteiger partial charge on any atom is 0.353 e. The number of imidazole rings is 1. The molecule has 2 aromatic heterocycles. The van der Waals surface area contributed by atoms with Crippen molar-refractivity contribution in [3.8, 4) is 0 Å². The van der Waals surface area contributed by atoms with E-state index >= 15 is 0 Å². The Morgan fingerprint density at radius 1 is 1.52 bits per heavy atom. The van der Waals surface area contributed by atoms with Gasteiger partial charge in [-0.05, 0) is 6.92 Å². The van der Waals surface area contributed by atoms with Gasteiger partial charge in [-0.15, -0.1) is 0 Å². The van der Waals surface area contributed by atoms with Crippen molar-refractivity contribution in [3.63, 3.8) is 0 Å². The number of aliphatic hydroxyl groups excluding tert-OH is 1. The van der Waals surface area contributed by atoms with Gasteiger partial charge in [-0.25, -0.2) is 9.36 Å². The van der Waals surface area contributed by atoms with Gasteiger partial charge >= 0.3 is 5.97 Å². The zero-order valence-electron chi connectivity index (χ0n) is 12.6. The first-order chi connectivity index (χ1) is 10.9. The summed E-state index contributed by atoms with van der Waals surface area (Å²) in [5.41, 5.74) is 1.50. The average molecular weight is 334 g/mol. The lowest BCUT2D eigenvalue weighted by atomic mass is 9.83. The van der Waals surface area contributed by atoms with Crippen LogP contribution in [0.25, 0.3) is 10.4 Å². The largest absolute Gasteiger partial charge is 0.477 e. The number of carbonyl (C=O) groups is 2. The fourth-order valence-corrected chi connectivity index (χ4v) is 4.64. The fourth-order valence-electron chi connectivity index (χ4n) is 3.66. The molecule has 120 valence electrons. The van der Waals surface area contributed by atoms with E-state index in [1.807, 2.05) is 33.9 Å². The second-order valence-electron chi connectivity index (χ2n) is 6.12. The predicted octanol–water partition coefficient (Wildman–Crippen LogP) is 0.232. The number of rotatable bonds is 3. The Hall–Kier alpha value is -2.19. The van der Waals surface area contributed by atoms with Gasteiger partial charge in [0.05, 0.1) is 25.1 Å². The number of carbonyl (C=O) groups excluding carboxylic acids is 1. The molecule has 2 aliphatic rings. The molecule has 7 nitrogen and oxygen atoms in total. The van der Waals surface area contributed by atoms with E-state index in [9.17, 15) is 19.8 Å². The molecule has 4 rings (SSSR count). The lowest BCUT2D eigenvalue weighted by Crippen LogP contribution is -2.61. The highest BCUT2D eigenvalue weighted by atomic mass is 32.1. The van der Waals surface area contributed by atoms with E-state index in [0.717, 1.165) is 10.5 Å². The first kappa shape index (κ1) is 14.4. The van der Waals surface area contributed by atoms with Crippen LogP contribution in [0.1, 0.15) is 19.0 Å². The van der Waals surface area contributed by atoms with Crippen LogP contribution in [0.15, 0.2) is 23.6 Å². The minimum Gasteiger partial charge on any atom is -0.477 e. The lowest BCUT2D eigenvalue weighted by molar-refractivity contribution is -0.669. The minimum absolute atomic E-state index is 0.0490. The number of amides is 1. The third-order valence-electron chi connectivity index (χ3n) is 4.64. The van der Waals surface area contributed by atoms with Crippen LogP contribution >= 0.6 is 11.3 Å². The second kappa shape index (κ2) is 4.65. The molecule has 2 N–H and O–H groups in total. The van der Waals surface area contributed by atoms with Crippen LogP contribution < -0.4 is 4.57 Å². The molecular formula is C15H16N3O4S+. The van der Waals surface area contributed by atoms with Crippen molar-refractivity contribution < 1.29 is 24.4 Å². The van der Waals surface area contributed by atoms with E-state index in [2.05, 4.69) is 0 Å². The third kappa shape index (κ3) is 1.82. The fraction of sp³-hybridized carbons (Fsp3) is 0.400. The Morgan fingerprint density at radius 2 is 2.26 bits per heavy atom. The molecule has 0 unspecified atom stereocenters. The van der Waals surface area contributed by atoms with Gasteiger partial charge in [0, 0.05) is 17.4 Å². The number of fused-ring (bicyclic) bond motifs is 2. The number of carboxylic acid groups (broad SMARTS) is 1. The summed E-state index contributed by atoms with van der Waals surface area (Å²) in [5, 5.41) is 21.3. The van der Waals surface area contributed by atoms with E-state index in [4.69, 9.17) is 0 Å². The van der Waals surface area contributed by atoms with E-state index in [-0.39, 0.29) is 17.6 Å². The van der Waals surface area contributed by atoms with Crippen LogP contribution in [-0.4, -0.2) is 43.5 Å². The van der Waals surface area contributed by atoms with Crippen molar-refractivity contribution in [2.24, 2.45) is 13.0 Å². The molecule has 23 heavy (non-hydrogen) atoms. The van der Waals surface area contributed by atoms with Crippen molar-refractivity contribution >= 4 is 33.6 Å². The molecule has 1 fully saturated rings. The molecule has 0 aromatic carbocycles. The molecule has 0 saturated carbocycles. The number of carboxylic acids is 1. The number of β-lactam (4-membered cyclic amide) rings is 1. The molecule has 3 atom stereocenters. The van der Waals surface area contributed by atoms with E-state index in [1.54, 1.807) is 6.92 Å². The van der Waals surface area contributed by atoms with Crippen molar-refractivity contribution in [1.82, 2.24) is 9.30 Å². The highest BCUT2D eigenvalue weighted by Crippen LogP contribution is 2.47. The van der Waals surface area contributed by atoms with Gasteiger partial charge in [-0.1, -0.05) is 11.3 Å². The highest BCUT2D eigenvalue weighted by molar-refractivity contribution is 7.15. The standard InChI is InChI=1S/C15H15N3O4S/c1-7(19)12-9-3-8(13(15(21)22)18(9)14(12)20)10-5-23-11-4-16(2)6-17(10)11/h4-7,9,12,19H,3H2,1-2H3/p+1/t7-,9-,12-/m1/s1. The smallest absolute Gasteiger partial charge is 0.353 e. The van der Waals surface area contributed by atoms with Crippen LogP contribution in [0.3, 0.4) is 0 Å². The van der Waals surface area contributed by atoms with Gasteiger partial charge < -0.3 is 15.1 Å². The SMILES string of the molecule is C[C@@H](O)[C@H]1C(=O)N2C(C(=O)O)=C(c3csc4c[n+](C)cn34)C[C@H]12. The first-order valence-corrected chi connectivity index (χ1v) is 8.21. The average Bonchev–Trinajstić information content (AvgIpc) is 3.08. The number of aliphatic carboxylic acids is 1. The molecule has 0 aliphatic carbocycles. The van der Waals surface area contributed by atoms with Crippen LogP contribution in [0, 0.1) is 5.92 Å². The summed E-state index contributed by atoms with van der Waals surface area (Å²) in [7, 11) is 1.91. The molecular weight excluding hydrogens is 318 g/mol. The summed E-state index contributed by atoms with van der Waals surface area (Å²) >= 11 is 1.53. The zero-order chi connectivity index (χ0) is 16.5. The van der Waals surface area contributed by atoms with Gasteiger partial charge in [0.25, 0.3) is 0 Å². The van der Waals surface area contributed by atoms with Crippen LogP contribution in [0.4, 0.5) is 0 Å². The van der Waals surface area contributed by atoms with Gasteiger partial charge in [-0.3, -0.25) is 4.79 Å². The predicted molar refractivity (Wildman–Crippen MR) is 81.4 cm³/mol. The summed E-state index contributed by atoms with van der Waals surface area (Å²) in [6, 6.07) is -0.261. The lowest BCUT2D eigenvalue weighted by Gasteiger charge is -2.44. The summed E-state index contributed by atoms with van der Waals surface area (Å²) in [5.74, 6) is -1.92. The van der Waals surface area contributed by atoms with Crippen molar-refractivity contribution in [3.05, 3.63) is 29.3 Å². The monoisotopic (exact) mass is 334 g/mol. The molecule has 2 aliphatic heterocycles. The van der Waals surface area contributed by atoms with Crippen LogP contribution in [0.5, 0.6) is 0 Å². The van der Waals surface area contributed by atoms with Crippen molar-refractivity contribution in [2.75, 3.05) is 0 Å². The Kier molecular flexibility index (Phi) is 2.91. The molecule has 0 radical (unpaired) electrons. The minimum atomic E-state index is -1.10. The number of aromatic nitrogens is 2. The summed E-state index contributed by atoms with van der Waals surface area (Å²) < 4.78 is 3.85. The van der Waals surface area contributed by atoms with Gasteiger partial charge in [-0.2, -0.15) is 4.40 Å². The molecule has 0 spiro atoms. The highest BCUT2D eigenvalue weighted by Gasteiger charge is 2.57. The van der Waals surface area contributed by atoms with Gasteiger partial charge in [0.15, 0.2) is 0 Å². The van der Waals surface area contributed by atoms with Crippen molar-refractivity contribution in [1.29, 1.82) is 0 Å². The topological polar surface area (TPSA) is 86.1 Å². The first-order valence-electron chi connectivity index (χ1n) is 7.33. The Morgan fingerprint density at radius 3 is 2.91 bits per heavy atom. The Labute approximate surface area is 135 Å². The number of thiazole rings is 1. The third-order valence-corrected chi connectivity index (χ3v) is 5.52. The van der Waals surface area contributed by atoms with E-state index in [0.29, 0.717) is 12.0 Å². The molecule has 2 aromatic rings. The quantitative estimate of drug-likeness (QED) is 0.622. The summed E-state index contributed by atoms with van der Waals surface area (Å²) in [6.07, 6.45) is 3.53. The maximum atomic E-state index is 12.2. The molecule has 4 heterocycles. The summed E-state index contributed by atoms with van der Waals surface area (Å²) in [6.45, 7) is 1.58. The van der Waals surface area contributed by atoms with Crippen LogP contribution in [-0.2, 0) is 16.6 Å². The number of aryl methyl sites for hydroxylation is 1. The van der Waals surface area contributed by atoms with E-state index < -0.39 is 18.0 Å². The molecule has 8 heteroatoms. The van der Waals surface area contributed by atoms with E-state index in [1.165, 1.54) is 16.2 Å². The molecule has 0 bridgehead atoms. The van der Waals surface area contributed by atoms with Gasteiger partial charge in [0.2, 0.25) is 17.1 Å². The molecule has 1 saturated heterocycles. The second-order valence-corrected chi connectivity index (χ2v) is 7.01. The number of hydrogen-bond donors (Lipinski definition) is 2. The zero-order valence-corrected chi connectivity index (χ0v) is 13.4. The van der Waals surface area contributed by atoms with Crippen LogP contribution in [0.2, 0.25) is 0 Å². The normalized spacial score (nSPS) is 25.0. The number of hydrogen-bond acceptors (Lipinski definition) is 4. The Balaban J connectivity index is 1.84.